The molecule has 132 valence electrons. The smallest absolute Gasteiger partial charge is 0.254 e. The summed E-state index contributed by atoms with van der Waals surface area (Å²) in [6, 6.07) is 0. The molecule has 0 bridgehead atoms. The number of aryl methyl sites for hydroxylation is 1. The maximum absolute atomic E-state index is 12.5. The van der Waals surface area contributed by atoms with Crippen LogP contribution < -0.4 is 5.56 Å². The number of nitrogens with zero attached hydrogens (tertiary/aromatic N) is 2. The zero-order valence-corrected chi connectivity index (χ0v) is 14.5. The number of hydrogen-bond donors (Lipinski definition) is 2. The molecule has 1 saturated carbocycles. The number of aliphatic hydroxyl groups is 1. The normalized spacial score (nSPS) is 28.7. The van der Waals surface area contributed by atoms with Gasteiger partial charge in [0.15, 0.2) is 0 Å². The number of rotatable bonds is 3. The lowest BCUT2D eigenvalue weighted by molar-refractivity contribution is -0.261. The van der Waals surface area contributed by atoms with E-state index in [2.05, 4.69) is 9.97 Å². The molecule has 1 amide bonds. The van der Waals surface area contributed by atoms with Gasteiger partial charge in [0.05, 0.1) is 18.1 Å². The van der Waals surface area contributed by atoms with E-state index < -0.39 is 0 Å². The summed E-state index contributed by atoms with van der Waals surface area (Å²) in [6.07, 6.45) is 3.22. The molecule has 1 saturated heterocycles. The Hall–Kier alpha value is -1.73. The molecular formula is C17H25N3O4. The third kappa shape index (κ3) is 2.56. The largest absolute Gasteiger partial charge is 0.392 e. The monoisotopic (exact) mass is 335 g/mol. The van der Waals surface area contributed by atoms with Crippen molar-refractivity contribution in [3.05, 3.63) is 27.9 Å². The summed E-state index contributed by atoms with van der Waals surface area (Å²) in [5.41, 5.74) is -0.455. The number of amides is 1. The number of carbonyl (C=O) groups excluding carboxylic acids is 1. The molecule has 1 aliphatic heterocycles. The number of piperidine rings is 1. The second-order valence-corrected chi connectivity index (χ2v) is 7.19. The molecule has 2 aliphatic rings. The number of nitrogens with one attached hydrogen (secondary N) is 1. The van der Waals surface area contributed by atoms with Gasteiger partial charge in [-0.25, -0.2) is 4.98 Å². The molecule has 2 heterocycles. The SMILES string of the molecule is CO[C@@]1(C)CC(O)C12CCN(C(=O)Cc1cnc(C)[nH]c1=O)CC2. The Morgan fingerprint density at radius 2 is 2.17 bits per heavy atom. The van der Waals surface area contributed by atoms with Crippen LogP contribution in [-0.4, -0.2) is 57.8 Å². The van der Waals surface area contributed by atoms with Gasteiger partial charge in [-0.15, -0.1) is 0 Å². The third-order valence-corrected chi connectivity index (χ3v) is 6.07. The molecule has 24 heavy (non-hydrogen) atoms. The fourth-order valence-electron chi connectivity index (χ4n) is 4.20. The highest BCUT2D eigenvalue weighted by molar-refractivity contribution is 5.78. The highest BCUT2D eigenvalue weighted by Gasteiger charge is 2.63. The average Bonchev–Trinajstić information content (AvgIpc) is 2.57. The molecule has 0 radical (unpaired) electrons. The molecular weight excluding hydrogens is 310 g/mol. The molecule has 1 spiro atoms. The van der Waals surface area contributed by atoms with Crippen LogP contribution in [-0.2, 0) is 16.0 Å². The first-order valence-corrected chi connectivity index (χ1v) is 8.37. The predicted molar refractivity (Wildman–Crippen MR) is 87.6 cm³/mol. The van der Waals surface area contributed by atoms with Crippen LogP contribution in [0.1, 0.15) is 37.6 Å². The van der Waals surface area contributed by atoms with Crippen LogP contribution in [0.25, 0.3) is 0 Å². The number of aromatic nitrogens is 2. The van der Waals surface area contributed by atoms with Gasteiger partial charge in [0.25, 0.3) is 5.56 Å². The van der Waals surface area contributed by atoms with Crippen molar-refractivity contribution < 1.29 is 14.6 Å². The van der Waals surface area contributed by atoms with E-state index in [0.717, 1.165) is 0 Å². The Morgan fingerprint density at radius 1 is 1.50 bits per heavy atom. The Kier molecular flexibility index (Phi) is 4.25. The molecule has 1 unspecified atom stereocenters. The fraction of sp³-hybridized carbons (Fsp3) is 0.706. The topological polar surface area (TPSA) is 95.5 Å². The standard InChI is InChI=1S/C17H25N3O4/c1-11-18-10-12(15(23)19-11)8-14(22)20-6-4-17(5-7-20)13(21)9-16(17,2)24-3/h10,13,21H,4-9H2,1-3H3,(H,18,19,23)/t13?,16-/m0/s1. The van der Waals surface area contributed by atoms with E-state index in [1.54, 1.807) is 18.9 Å². The Morgan fingerprint density at radius 3 is 2.71 bits per heavy atom. The number of methoxy groups -OCH3 is 1. The van der Waals surface area contributed by atoms with Gasteiger partial charge in [-0.2, -0.15) is 0 Å². The van der Waals surface area contributed by atoms with Crippen molar-refractivity contribution >= 4 is 5.91 Å². The predicted octanol–water partition coefficient (Wildman–Crippen LogP) is 0.399. The van der Waals surface area contributed by atoms with Crippen LogP contribution in [0.5, 0.6) is 0 Å². The van der Waals surface area contributed by atoms with E-state index in [1.807, 2.05) is 6.92 Å². The van der Waals surface area contributed by atoms with Crippen molar-refractivity contribution in [3.8, 4) is 0 Å². The van der Waals surface area contributed by atoms with Gasteiger partial charge in [-0.1, -0.05) is 0 Å². The quantitative estimate of drug-likeness (QED) is 0.834. The number of aliphatic hydroxyl groups excluding tert-OH is 1. The van der Waals surface area contributed by atoms with Crippen LogP contribution >= 0.6 is 0 Å². The van der Waals surface area contributed by atoms with E-state index in [9.17, 15) is 14.7 Å². The van der Waals surface area contributed by atoms with Crippen molar-refractivity contribution in [3.63, 3.8) is 0 Å². The van der Waals surface area contributed by atoms with Crippen molar-refractivity contribution in [1.29, 1.82) is 0 Å². The van der Waals surface area contributed by atoms with E-state index >= 15 is 0 Å². The minimum atomic E-state index is -0.371. The van der Waals surface area contributed by atoms with Gasteiger partial charge < -0.3 is 19.7 Å². The highest BCUT2D eigenvalue weighted by Crippen LogP contribution is 2.57. The summed E-state index contributed by atoms with van der Waals surface area (Å²) in [6.45, 7) is 4.89. The zero-order chi connectivity index (χ0) is 17.5. The van der Waals surface area contributed by atoms with Crippen molar-refractivity contribution in [2.75, 3.05) is 20.2 Å². The number of hydrogen-bond acceptors (Lipinski definition) is 5. The van der Waals surface area contributed by atoms with Gasteiger partial charge in [0.1, 0.15) is 5.82 Å². The lowest BCUT2D eigenvalue weighted by Gasteiger charge is -2.62. The molecule has 2 atom stereocenters. The van der Waals surface area contributed by atoms with E-state index in [1.165, 1.54) is 6.20 Å². The average molecular weight is 335 g/mol. The number of H-pyrrole nitrogens is 1. The summed E-state index contributed by atoms with van der Waals surface area (Å²) in [5.74, 6) is 0.461. The first kappa shape index (κ1) is 17.1. The summed E-state index contributed by atoms with van der Waals surface area (Å²) in [4.78, 5) is 32.8. The number of carbonyl (C=O) groups is 1. The first-order chi connectivity index (χ1) is 11.3. The molecule has 7 nitrogen and oxygen atoms in total. The molecule has 1 aromatic heterocycles. The van der Waals surface area contributed by atoms with Crippen molar-refractivity contribution in [2.45, 2.75) is 51.2 Å². The van der Waals surface area contributed by atoms with Crippen molar-refractivity contribution in [2.24, 2.45) is 5.41 Å². The van der Waals surface area contributed by atoms with Gasteiger partial charge in [-0.3, -0.25) is 9.59 Å². The zero-order valence-electron chi connectivity index (χ0n) is 14.5. The van der Waals surface area contributed by atoms with E-state index in [4.69, 9.17) is 4.74 Å². The third-order valence-electron chi connectivity index (χ3n) is 6.07. The molecule has 3 rings (SSSR count). The Balaban J connectivity index is 1.64. The summed E-state index contributed by atoms with van der Waals surface area (Å²) in [5, 5.41) is 10.3. The van der Waals surface area contributed by atoms with Gasteiger partial charge in [0.2, 0.25) is 5.91 Å². The molecule has 2 fully saturated rings. The Labute approximate surface area is 141 Å². The summed E-state index contributed by atoms with van der Waals surface area (Å²) >= 11 is 0. The summed E-state index contributed by atoms with van der Waals surface area (Å²) in [7, 11) is 1.68. The lowest BCUT2D eigenvalue weighted by atomic mass is 9.51. The second kappa shape index (κ2) is 5.97. The van der Waals surface area contributed by atoms with E-state index in [0.29, 0.717) is 43.7 Å². The van der Waals surface area contributed by atoms with Gasteiger partial charge >= 0.3 is 0 Å². The van der Waals surface area contributed by atoms with Crippen LogP contribution in [0.2, 0.25) is 0 Å². The fourth-order valence-corrected chi connectivity index (χ4v) is 4.20. The first-order valence-electron chi connectivity index (χ1n) is 8.37. The number of ether oxygens (including phenoxy) is 1. The minimum absolute atomic E-state index is 0.0553. The van der Waals surface area contributed by atoms with E-state index in [-0.39, 0.29) is 35.0 Å². The highest BCUT2D eigenvalue weighted by atomic mass is 16.5. The number of likely N-dealkylation sites (tertiary alicyclic amines) is 1. The molecule has 2 N–H and O–H groups in total. The van der Waals surface area contributed by atoms with Crippen LogP contribution in [0, 0.1) is 12.3 Å². The Bertz CT molecular complexity index is 693. The minimum Gasteiger partial charge on any atom is -0.392 e. The lowest BCUT2D eigenvalue weighted by Crippen LogP contribution is -2.69. The molecule has 1 aliphatic carbocycles. The maximum atomic E-state index is 12.5. The number of aromatic amines is 1. The second-order valence-electron chi connectivity index (χ2n) is 7.19. The van der Waals surface area contributed by atoms with Gasteiger partial charge in [-0.05, 0) is 26.7 Å². The molecule has 1 aromatic rings. The van der Waals surface area contributed by atoms with Crippen LogP contribution in [0.3, 0.4) is 0 Å². The maximum Gasteiger partial charge on any atom is 0.254 e. The van der Waals surface area contributed by atoms with Crippen LogP contribution in [0.4, 0.5) is 0 Å². The van der Waals surface area contributed by atoms with Crippen molar-refractivity contribution in [1.82, 2.24) is 14.9 Å². The molecule has 7 heteroatoms. The van der Waals surface area contributed by atoms with Gasteiger partial charge in [0, 0.05) is 43.8 Å². The molecule has 0 aromatic carbocycles. The van der Waals surface area contributed by atoms with Crippen LogP contribution in [0.15, 0.2) is 11.0 Å². The summed E-state index contributed by atoms with van der Waals surface area (Å²) < 4.78 is 5.64.